The van der Waals surface area contributed by atoms with Crippen molar-refractivity contribution in [3.05, 3.63) is 0 Å². The van der Waals surface area contributed by atoms with E-state index in [1.54, 1.807) is 0 Å². The number of carboxylic acid groups (broad SMARTS) is 1. The third kappa shape index (κ3) is 4.07. The average molecular weight is 159 g/mol. The van der Waals surface area contributed by atoms with Crippen LogP contribution < -0.4 is 0 Å². The van der Waals surface area contributed by atoms with Crippen molar-refractivity contribution in [1.82, 2.24) is 0 Å². The molecule has 0 saturated carbocycles. The molecule has 0 rings (SSSR count). The van der Waals surface area contributed by atoms with Gasteiger partial charge < -0.3 is 10.3 Å². The number of Topliss-reactive ketones (excluding diaryl/α,β-unsaturated/α-hetero) is 1. The van der Waals surface area contributed by atoms with Gasteiger partial charge in [-0.1, -0.05) is 5.16 Å². The molecule has 0 fully saturated rings. The number of nitrogens with zero attached hydrogens (tertiary/aromatic N) is 1. The first-order valence-corrected chi connectivity index (χ1v) is 3.01. The van der Waals surface area contributed by atoms with E-state index in [1.165, 1.54) is 6.92 Å². The Kier molecular flexibility index (Phi) is 3.87. The van der Waals surface area contributed by atoms with Gasteiger partial charge in [-0.15, -0.1) is 0 Å². The minimum atomic E-state index is -1.02. The molecule has 5 nitrogen and oxygen atoms in total. The van der Waals surface area contributed by atoms with Crippen molar-refractivity contribution in [3.8, 4) is 0 Å². The van der Waals surface area contributed by atoms with Crippen molar-refractivity contribution in [3.63, 3.8) is 0 Å². The Hall–Kier alpha value is -1.39. The van der Waals surface area contributed by atoms with Gasteiger partial charge in [0.25, 0.3) is 0 Å². The molecule has 0 saturated heterocycles. The molecule has 2 N–H and O–H groups in total. The van der Waals surface area contributed by atoms with E-state index in [-0.39, 0.29) is 18.6 Å². The zero-order valence-electron chi connectivity index (χ0n) is 6.07. The van der Waals surface area contributed by atoms with Gasteiger partial charge in [0.1, 0.15) is 5.71 Å². The molecule has 5 heteroatoms. The molecule has 0 radical (unpaired) electrons. The van der Waals surface area contributed by atoms with Gasteiger partial charge in [0.15, 0.2) is 5.78 Å². The topological polar surface area (TPSA) is 87.0 Å². The minimum absolute atomic E-state index is 0.0266. The van der Waals surface area contributed by atoms with Crippen molar-refractivity contribution in [1.29, 1.82) is 0 Å². The van der Waals surface area contributed by atoms with E-state index in [1.807, 2.05) is 0 Å². The summed E-state index contributed by atoms with van der Waals surface area (Å²) in [7, 11) is 0. The highest BCUT2D eigenvalue weighted by Gasteiger charge is 2.08. The van der Waals surface area contributed by atoms with Crippen LogP contribution in [-0.4, -0.2) is 27.8 Å². The molecule has 0 amide bonds. The van der Waals surface area contributed by atoms with Crippen LogP contribution in [0.2, 0.25) is 0 Å². The molecule has 0 aliphatic carbocycles. The Labute approximate surface area is 63.3 Å². The van der Waals surface area contributed by atoms with Crippen LogP contribution in [0, 0.1) is 0 Å². The number of rotatable bonds is 4. The Balaban J connectivity index is 3.92. The zero-order chi connectivity index (χ0) is 8.85. The van der Waals surface area contributed by atoms with Crippen LogP contribution in [0.4, 0.5) is 0 Å². The Bertz CT molecular complexity index is 197. The number of carbonyl (C=O) groups is 2. The van der Waals surface area contributed by atoms with Crippen LogP contribution in [-0.2, 0) is 9.59 Å². The van der Waals surface area contributed by atoms with Gasteiger partial charge in [0.2, 0.25) is 0 Å². The van der Waals surface area contributed by atoms with Crippen LogP contribution in [0.3, 0.4) is 0 Å². The third-order valence-corrected chi connectivity index (χ3v) is 1.10. The fraction of sp³-hybridized carbons (Fsp3) is 0.500. The van der Waals surface area contributed by atoms with Crippen molar-refractivity contribution < 1.29 is 19.9 Å². The SMILES string of the molecule is CC(=O)/C(CCC(=O)O)=N\O. The molecule has 0 aromatic carbocycles. The lowest BCUT2D eigenvalue weighted by atomic mass is 10.1. The van der Waals surface area contributed by atoms with E-state index in [2.05, 4.69) is 5.16 Å². The van der Waals surface area contributed by atoms with Crippen molar-refractivity contribution in [2.45, 2.75) is 19.8 Å². The number of carboxylic acids is 1. The summed E-state index contributed by atoms with van der Waals surface area (Å²) in [5, 5.41) is 19.0. The fourth-order valence-corrected chi connectivity index (χ4v) is 0.522. The van der Waals surface area contributed by atoms with E-state index in [9.17, 15) is 9.59 Å². The number of carbonyl (C=O) groups excluding carboxylic acids is 1. The van der Waals surface area contributed by atoms with E-state index < -0.39 is 11.8 Å². The molecule has 0 atom stereocenters. The summed E-state index contributed by atoms with van der Waals surface area (Å²) in [6, 6.07) is 0. The molecule has 0 aliphatic heterocycles. The third-order valence-electron chi connectivity index (χ3n) is 1.10. The van der Waals surface area contributed by atoms with Gasteiger partial charge in [-0.2, -0.15) is 0 Å². The van der Waals surface area contributed by atoms with Crippen LogP contribution in [0.15, 0.2) is 5.16 Å². The van der Waals surface area contributed by atoms with E-state index >= 15 is 0 Å². The highest BCUT2D eigenvalue weighted by atomic mass is 16.4. The van der Waals surface area contributed by atoms with E-state index in [0.717, 1.165) is 0 Å². The number of aliphatic carboxylic acids is 1. The van der Waals surface area contributed by atoms with Gasteiger partial charge in [0.05, 0.1) is 6.42 Å². The maximum atomic E-state index is 10.5. The molecular weight excluding hydrogens is 150 g/mol. The first-order valence-electron chi connectivity index (χ1n) is 3.01. The number of hydrogen-bond donors (Lipinski definition) is 2. The Morgan fingerprint density at radius 2 is 1.91 bits per heavy atom. The zero-order valence-corrected chi connectivity index (χ0v) is 6.07. The Morgan fingerprint density at radius 1 is 1.36 bits per heavy atom. The monoisotopic (exact) mass is 159 g/mol. The van der Waals surface area contributed by atoms with Crippen LogP contribution >= 0.6 is 0 Å². The molecule has 0 spiro atoms. The number of oxime groups is 1. The van der Waals surface area contributed by atoms with Crippen molar-refractivity contribution in [2.75, 3.05) is 0 Å². The predicted octanol–water partition coefficient (Wildman–Crippen LogP) is 0.270. The summed E-state index contributed by atoms with van der Waals surface area (Å²) < 4.78 is 0. The van der Waals surface area contributed by atoms with Gasteiger partial charge in [-0.3, -0.25) is 9.59 Å². The maximum absolute atomic E-state index is 10.5. The minimum Gasteiger partial charge on any atom is -0.481 e. The molecular formula is C6H9NO4. The lowest BCUT2D eigenvalue weighted by Crippen LogP contribution is -2.11. The molecule has 62 valence electrons. The summed E-state index contributed by atoms with van der Waals surface area (Å²) in [4.78, 5) is 20.5. The molecule has 0 heterocycles. The van der Waals surface area contributed by atoms with Crippen LogP contribution in [0.5, 0.6) is 0 Å². The normalized spacial score (nSPS) is 11.2. The molecule has 0 aromatic heterocycles. The van der Waals surface area contributed by atoms with Gasteiger partial charge in [-0.05, 0) is 0 Å². The number of ketones is 1. The standard InChI is InChI=1S/C6H9NO4/c1-4(8)5(7-11)2-3-6(9)10/h11H,2-3H2,1H3,(H,9,10)/b7-5-. The summed E-state index contributed by atoms with van der Waals surface area (Å²) in [6.45, 7) is 1.22. The first kappa shape index (κ1) is 9.61. The second kappa shape index (κ2) is 4.43. The molecule has 0 aliphatic rings. The van der Waals surface area contributed by atoms with Crippen molar-refractivity contribution in [2.24, 2.45) is 5.16 Å². The quantitative estimate of drug-likeness (QED) is 0.350. The highest BCUT2D eigenvalue weighted by molar-refractivity contribution is 6.38. The Morgan fingerprint density at radius 3 is 2.18 bits per heavy atom. The summed E-state index contributed by atoms with van der Waals surface area (Å²) >= 11 is 0. The summed E-state index contributed by atoms with van der Waals surface area (Å²) in [6.07, 6.45) is -0.222. The lowest BCUT2D eigenvalue weighted by molar-refractivity contribution is -0.136. The van der Waals surface area contributed by atoms with Crippen LogP contribution in [0.25, 0.3) is 0 Å². The lowest BCUT2D eigenvalue weighted by Gasteiger charge is -1.94. The highest BCUT2D eigenvalue weighted by Crippen LogP contribution is 1.94. The van der Waals surface area contributed by atoms with Gasteiger partial charge in [0, 0.05) is 13.3 Å². The maximum Gasteiger partial charge on any atom is 0.303 e. The largest absolute Gasteiger partial charge is 0.481 e. The molecule has 0 unspecified atom stereocenters. The van der Waals surface area contributed by atoms with Gasteiger partial charge >= 0.3 is 5.97 Å². The second-order valence-corrected chi connectivity index (χ2v) is 2.00. The summed E-state index contributed by atoms with van der Waals surface area (Å²) in [5.74, 6) is -1.43. The molecule has 0 bridgehead atoms. The predicted molar refractivity (Wildman–Crippen MR) is 36.8 cm³/mol. The van der Waals surface area contributed by atoms with E-state index in [4.69, 9.17) is 10.3 Å². The molecule has 0 aromatic rings. The smallest absolute Gasteiger partial charge is 0.303 e. The first-order chi connectivity index (χ1) is 5.07. The fourth-order valence-electron chi connectivity index (χ4n) is 0.522. The summed E-state index contributed by atoms with van der Waals surface area (Å²) in [5.41, 5.74) is -0.104. The molecule has 11 heavy (non-hydrogen) atoms. The second-order valence-electron chi connectivity index (χ2n) is 2.00. The van der Waals surface area contributed by atoms with Gasteiger partial charge in [-0.25, -0.2) is 0 Å². The number of hydrogen-bond acceptors (Lipinski definition) is 4. The van der Waals surface area contributed by atoms with Crippen LogP contribution in [0.1, 0.15) is 19.8 Å². The van der Waals surface area contributed by atoms with E-state index in [0.29, 0.717) is 0 Å². The average Bonchev–Trinajstić information content (AvgIpc) is 1.87. The van der Waals surface area contributed by atoms with Crippen molar-refractivity contribution >= 4 is 17.5 Å².